The Bertz CT molecular complexity index is 126. The average Bonchev–Trinajstić information content (AvgIpc) is 2.40. The Kier molecular flexibility index (Phi) is 13.4. The van der Waals surface area contributed by atoms with Crippen LogP contribution in [0.1, 0.15) is 33.1 Å². The molecule has 0 saturated heterocycles. The Morgan fingerprint density at radius 3 is 2.00 bits per heavy atom. The normalized spacial score (nSPS) is 12.8. The fraction of sp³-hybridized carbons (Fsp3) is 0.556. The van der Waals surface area contributed by atoms with Gasteiger partial charge in [0.1, 0.15) is 0 Å². The van der Waals surface area contributed by atoms with E-state index in [1.54, 1.807) is 0 Å². The molecule has 0 fully saturated rings. The van der Waals surface area contributed by atoms with Crippen molar-refractivity contribution in [2.24, 2.45) is 0 Å². The molecule has 0 aromatic rings. The van der Waals surface area contributed by atoms with Crippen LogP contribution >= 0.6 is 11.6 Å². The third-order valence-corrected chi connectivity index (χ3v) is 1.51. The number of allylic oxidation sites excluding steroid dienone is 4. The van der Waals surface area contributed by atoms with Gasteiger partial charge in [0, 0.05) is 33.2 Å². The standard InChI is InChI=1S/C5H5Cl.C4H10.Ti/c6-5-3-1-2-4-5;1-3-4-2;/h1-3H,4H2;3-4H2,1-2H3;. The van der Waals surface area contributed by atoms with Crippen LogP contribution < -0.4 is 0 Å². The van der Waals surface area contributed by atoms with Gasteiger partial charge in [0.15, 0.2) is 0 Å². The van der Waals surface area contributed by atoms with Crippen molar-refractivity contribution in [1.82, 2.24) is 0 Å². The van der Waals surface area contributed by atoms with Crippen molar-refractivity contribution in [1.29, 1.82) is 0 Å². The fourth-order valence-corrected chi connectivity index (χ4v) is 0.583. The predicted molar refractivity (Wildman–Crippen MR) is 48.3 cm³/mol. The first-order chi connectivity index (χ1) is 4.81. The second-order valence-electron chi connectivity index (χ2n) is 2.25. The Balaban J connectivity index is 0. The summed E-state index contributed by atoms with van der Waals surface area (Å²) in [6, 6.07) is 0. The van der Waals surface area contributed by atoms with Crippen molar-refractivity contribution in [3.8, 4) is 0 Å². The molecule has 0 aromatic heterocycles. The van der Waals surface area contributed by atoms with Crippen LogP contribution in [0.3, 0.4) is 0 Å². The SMILES string of the molecule is CCCC.ClC1=CC=CC1.[Ti]. The monoisotopic (exact) mass is 206 g/mol. The molecule has 0 amide bonds. The van der Waals surface area contributed by atoms with Gasteiger partial charge in [-0.15, -0.1) is 0 Å². The van der Waals surface area contributed by atoms with Gasteiger partial charge in [0.25, 0.3) is 0 Å². The van der Waals surface area contributed by atoms with E-state index in [9.17, 15) is 0 Å². The van der Waals surface area contributed by atoms with Gasteiger partial charge < -0.3 is 0 Å². The molecule has 62 valence electrons. The molecule has 11 heavy (non-hydrogen) atoms. The zero-order valence-electron chi connectivity index (χ0n) is 7.23. The van der Waals surface area contributed by atoms with Gasteiger partial charge in [0.2, 0.25) is 0 Å². The van der Waals surface area contributed by atoms with Crippen molar-refractivity contribution in [3.63, 3.8) is 0 Å². The average molecular weight is 207 g/mol. The molecule has 0 aromatic carbocycles. The Morgan fingerprint density at radius 2 is 1.91 bits per heavy atom. The molecule has 0 radical (unpaired) electrons. The van der Waals surface area contributed by atoms with Crippen molar-refractivity contribution in [2.45, 2.75) is 33.1 Å². The molecule has 0 saturated carbocycles. The van der Waals surface area contributed by atoms with E-state index in [2.05, 4.69) is 13.8 Å². The smallest absolute Gasteiger partial charge is 0.0218 e. The van der Waals surface area contributed by atoms with Crippen molar-refractivity contribution >= 4 is 11.6 Å². The maximum Gasteiger partial charge on any atom is 0.0218 e. The van der Waals surface area contributed by atoms with Gasteiger partial charge in [0.05, 0.1) is 0 Å². The molecule has 0 aliphatic heterocycles. The van der Waals surface area contributed by atoms with Crippen LogP contribution in [-0.4, -0.2) is 0 Å². The molecule has 0 N–H and O–H groups in total. The van der Waals surface area contributed by atoms with Crippen molar-refractivity contribution in [3.05, 3.63) is 23.3 Å². The fourth-order valence-electron chi connectivity index (χ4n) is 0.421. The Labute approximate surface area is 89.6 Å². The topological polar surface area (TPSA) is 0 Å². The number of unbranched alkanes of at least 4 members (excludes halogenated alkanes) is 1. The summed E-state index contributed by atoms with van der Waals surface area (Å²) in [5, 5.41) is 0.940. The van der Waals surface area contributed by atoms with Crippen LogP contribution in [0, 0.1) is 0 Å². The molecule has 1 aliphatic carbocycles. The minimum atomic E-state index is 0. The van der Waals surface area contributed by atoms with E-state index in [0.29, 0.717) is 0 Å². The largest absolute Gasteiger partial charge is 0.0888 e. The molecule has 0 spiro atoms. The van der Waals surface area contributed by atoms with E-state index in [4.69, 9.17) is 11.6 Å². The molecule has 0 atom stereocenters. The molecular weight excluding hydrogens is 191 g/mol. The second kappa shape index (κ2) is 10.5. The summed E-state index contributed by atoms with van der Waals surface area (Å²) in [7, 11) is 0. The maximum absolute atomic E-state index is 5.51. The van der Waals surface area contributed by atoms with E-state index in [0.717, 1.165) is 11.5 Å². The van der Waals surface area contributed by atoms with E-state index in [-0.39, 0.29) is 21.7 Å². The zero-order chi connectivity index (χ0) is 7.82. The number of rotatable bonds is 1. The first-order valence-electron chi connectivity index (χ1n) is 3.82. The van der Waals surface area contributed by atoms with E-state index in [1.807, 2.05) is 18.2 Å². The molecule has 0 unspecified atom stereocenters. The van der Waals surface area contributed by atoms with Crippen LogP contribution in [0.2, 0.25) is 0 Å². The molecule has 1 rings (SSSR count). The molecule has 1 aliphatic rings. The zero-order valence-corrected chi connectivity index (χ0v) is 9.55. The third-order valence-electron chi connectivity index (χ3n) is 1.23. The number of hydrogen-bond acceptors (Lipinski definition) is 0. The summed E-state index contributed by atoms with van der Waals surface area (Å²) in [5.41, 5.74) is 0. The third kappa shape index (κ3) is 10.5. The summed E-state index contributed by atoms with van der Waals surface area (Å²) < 4.78 is 0. The van der Waals surface area contributed by atoms with Gasteiger partial charge in [-0.2, -0.15) is 0 Å². The van der Waals surface area contributed by atoms with Crippen molar-refractivity contribution < 1.29 is 21.7 Å². The summed E-state index contributed by atoms with van der Waals surface area (Å²) >= 11 is 5.51. The number of halogens is 1. The molecular formula is C9H15ClTi. The Hall–Kier alpha value is 0.484. The van der Waals surface area contributed by atoms with Gasteiger partial charge in [-0.1, -0.05) is 50.4 Å². The molecule has 0 bridgehead atoms. The number of hydrogen-bond donors (Lipinski definition) is 0. The maximum atomic E-state index is 5.51. The quantitative estimate of drug-likeness (QED) is 0.571. The van der Waals surface area contributed by atoms with Crippen LogP contribution in [0.25, 0.3) is 0 Å². The summed E-state index contributed by atoms with van der Waals surface area (Å²) in [5.74, 6) is 0. The summed E-state index contributed by atoms with van der Waals surface area (Å²) in [6.45, 7) is 4.36. The van der Waals surface area contributed by atoms with Crippen LogP contribution in [-0.2, 0) is 21.7 Å². The van der Waals surface area contributed by atoms with Gasteiger partial charge in [-0.25, -0.2) is 0 Å². The minimum absolute atomic E-state index is 0. The van der Waals surface area contributed by atoms with Gasteiger partial charge >= 0.3 is 0 Å². The predicted octanol–water partition coefficient (Wildman–Crippen LogP) is 3.87. The van der Waals surface area contributed by atoms with Crippen LogP contribution in [0.4, 0.5) is 0 Å². The van der Waals surface area contributed by atoms with E-state index in [1.165, 1.54) is 12.8 Å². The van der Waals surface area contributed by atoms with Gasteiger partial charge in [-0.3, -0.25) is 0 Å². The van der Waals surface area contributed by atoms with E-state index >= 15 is 0 Å². The Morgan fingerprint density at radius 1 is 1.36 bits per heavy atom. The first kappa shape index (κ1) is 14.0. The van der Waals surface area contributed by atoms with Crippen LogP contribution in [0.15, 0.2) is 23.3 Å². The summed E-state index contributed by atoms with van der Waals surface area (Å²) in [4.78, 5) is 0. The van der Waals surface area contributed by atoms with Crippen LogP contribution in [0.5, 0.6) is 0 Å². The van der Waals surface area contributed by atoms with Crippen molar-refractivity contribution in [2.75, 3.05) is 0 Å². The first-order valence-corrected chi connectivity index (χ1v) is 4.20. The molecule has 2 heteroatoms. The van der Waals surface area contributed by atoms with E-state index < -0.39 is 0 Å². The van der Waals surface area contributed by atoms with Gasteiger partial charge in [-0.05, 0) is 6.08 Å². The molecule has 0 heterocycles. The minimum Gasteiger partial charge on any atom is -0.0888 e. The molecule has 0 nitrogen and oxygen atoms in total. The summed E-state index contributed by atoms with van der Waals surface area (Å²) in [6.07, 6.45) is 9.47. The second-order valence-corrected chi connectivity index (χ2v) is 2.73.